The van der Waals surface area contributed by atoms with E-state index in [1.165, 1.54) is 0 Å². The minimum absolute atomic E-state index is 0.111. The van der Waals surface area contributed by atoms with E-state index in [1.54, 1.807) is 23.5 Å². The summed E-state index contributed by atoms with van der Waals surface area (Å²) < 4.78 is 1.11. The first-order valence-corrected chi connectivity index (χ1v) is 7.03. The number of anilines is 1. The lowest BCUT2D eigenvalue weighted by atomic mass is 10.1. The minimum atomic E-state index is -0.111. The van der Waals surface area contributed by atoms with Crippen molar-refractivity contribution in [1.82, 2.24) is 0 Å². The molecule has 3 aromatic rings. The summed E-state index contributed by atoms with van der Waals surface area (Å²) in [6, 6.07) is 15.0. The van der Waals surface area contributed by atoms with Gasteiger partial charge in [-0.15, -0.1) is 11.3 Å². The molecule has 3 rings (SSSR count). The van der Waals surface area contributed by atoms with E-state index in [9.17, 15) is 4.79 Å². The average molecular weight is 288 g/mol. The number of nitrogens with one attached hydrogen (secondary N) is 1. The standard InChI is InChI=1S/C15H10ClNOS/c16-10-4-3-5-11(8-10)17-15(18)13-9-19-14-7-2-1-6-12(13)14/h1-9H,(H,17,18). The van der Waals surface area contributed by atoms with Crippen LogP contribution >= 0.6 is 22.9 Å². The predicted molar refractivity (Wildman–Crippen MR) is 81.2 cm³/mol. The van der Waals surface area contributed by atoms with Gasteiger partial charge in [0, 0.05) is 26.2 Å². The summed E-state index contributed by atoms with van der Waals surface area (Å²) in [6.45, 7) is 0. The van der Waals surface area contributed by atoms with Gasteiger partial charge in [-0.05, 0) is 24.3 Å². The molecular formula is C15H10ClNOS. The SMILES string of the molecule is O=C(Nc1cccc(Cl)c1)c1csc2ccccc12. The van der Waals surface area contributed by atoms with Crippen LogP contribution in [0.3, 0.4) is 0 Å². The lowest BCUT2D eigenvalue weighted by molar-refractivity contribution is 0.102. The van der Waals surface area contributed by atoms with Crippen molar-refractivity contribution in [2.75, 3.05) is 5.32 Å². The number of hydrogen-bond acceptors (Lipinski definition) is 2. The highest BCUT2D eigenvalue weighted by molar-refractivity contribution is 7.17. The van der Waals surface area contributed by atoms with Crippen LogP contribution in [0.25, 0.3) is 10.1 Å². The van der Waals surface area contributed by atoms with Crippen LogP contribution < -0.4 is 5.32 Å². The van der Waals surface area contributed by atoms with E-state index >= 15 is 0 Å². The second kappa shape index (κ2) is 5.03. The molecule has 0 bridgehead atoms. The molecule has 1 amide bonds. The molecule has 0 spiro atoms. The molecule has 0 aliphatic rings. The fourth-order valence-corrected chi connectivity index (χ4v) is 3.05. The molecule has 2 aromatic carbocycles. The monoisotopic (exact) mass is 287 g/mol. The Bertz CT molecular complexity index is 750. The van der Waals surface area contributed by atoms with Crippen LogP contribution in [0.4, 0.5) is 5.69 Å². The molecule has 94 valence electrons. The maximum Gasteiger partial charge on any atom is 0.257 e. The summed E-state index contributed by atoms with van der Waals surface area (Å²) in [6.07, 6.45) is 0. The van der Waals surface area contributed by atoms with E-state index in [-0.39, 0.29) is 5.91 Å². The fraction of sp³-hybridized carbons (Fsp3) is 0. The van der Waals surface area contributed by atoms with Crippen molar-refractivity contribution in [2.45, 2.75) is 0 Å². The predicted octanol–water partition coefficient (Wildman–Crippen LogP) is 4.81. The molecule has 0 saturated heterocycles. The minimum Gasteiger partial charge on any atom is -0.322 e. The van der Waals surface area contributed by atoms with E-state index < -0.39 is 0 Å². The number of amides is 1. The Kier molecular flexibility index (Phi) is 3.23. The quantitative estimate of drug-likeness (QED) is 0.720. The van der Waals surface area contributed by atoms with Crippen LogP contribution in [0, 0.1) is 0 Å². The number of carbonyl (C=O) groups excluding carboxylic acids is 1. The molecule has 0 atom stereocenters. The van der Waals surface area contributed by atoms with Gasteiger partial charge in [0.2, 0.25) is 0 Å². The molecule has 0 fully saturated rings. The highest BCUT2D eigenvalue weighted by atomic mass is 35.5. The molecule has 0 aliphatic carbocycles. The van der Waals surface area contributed by atoms with Gasteiger partial charge in [-0.1, -0.05) is 35.9 Å². The Morgan fingerprint density at radius 1 is 1.11 bits per heavy atom. The van der Waals surface area contributed by atoms with Gasteiger partial charge >= 0.3 is 0 Å². The number of carbonyl (C=O) groups is 1. The molecule has 0 radical (unpaired) electrons. The first kappa shape index (κ1) is 12.2. The zero-order chi connectivity index (χ0) is 13.2. The second-order valence-corrected chi connectivity index (χ2v) is 5.46. The molecule has 0 unspecified atom stereocenters. The van der Waals surface area contributed by atoms with Crippen LogP contribution in [0.15, 0.2) is 53.9 Å². The summed E-state index contributed by atoms with van der Waals surface area (Å²) in [7, 11) is 0. The number of thiophene rings is 1. The van der Waals surface area contributed by atoms with Crippen molar-refractivity contribution in [1.29, 1.82) is 0 Å². The average Bonchev–Trinajstić information content (AvgIpc) is 2.82. The molecule has 1 heterocycles. The molecule has 0 saturated carbocycles. The normalized spacial score (nSPS) is 10.6. The molecule has 2 nitrogen and oxygen atoms in total. The van der Waals surface area contributed by atoms with Gasteiger partial charge < -0.3 is 5.32 Å². The summed E-state index contributed by atoms with van der Waals surface area (Å²) in [5, 5.41) is 6.32. The van der Waals surface area contributed by atoms with Gasteiger partial charge in [0.1, 0.15) is 0 Å². The van der Waals surface area contributed by atoms with Crippen molar-refractivity contribution < 1.29 is 4.79 Å². The molecule has 1 N–H and O–H groups in total. The Labute approximate surface area is 119 Å². The van der Waals surface area contributed by atoms with Gasteiger partial charge in [0.15, 0.2) is 0 Å². The third kappa shape index (κ3) is 2.48. The maximum absolute atomic E-state index is 12.3. The van der Waals surface area contributed by atoms with E-state index in [1.807, 2.05) is 41.8 Å². The van der Waals surface area contributed by atoms with Crippen molar-refractivity contribution in [3.05, 3.63) is 64.5 Å². The topological polar surface area (TPSA) is 29.1 Å². The first-order valence-electron chi connectivity index (χ1n) is 5.77. The van der Waals surface area contributed by atoms with Crippen molar-refractivity contribution in [2.24, 2.45) is 0 Å². The van der Waals surface area contributed by atoms with E-state index in [0.717, 1.165) is 10.1 Å². The maximum atomic E-state index is 12.3. The van der Waals surface area contributed by atoms with Gasteiger partial charge in [-0.3, -0.25) is 4.79 Å². The summed E-state index contributed by atoms with van der Waals surface area (Å²) >= 11 is 7.47. The molecule has 1 aromatic heterocycles. The molecule has 19 heavy (non-hydrogen) atoms. The Hall–Kier alpha value is -1.84. The van der Waals surface area contributed by atoms with Gasteiger partial charge in [-0.25, -0.2) is 0 Å². The molecular weight excluding hydrogens is 278 g/mol. The number of rotatable bonds is 2. The van der Waals surface area contributed by atoms with E-state index in [2.05, 4.69) is 5.32 Å². The Morgan fingerprint density at radius 2 is 1.95 bits per heavy atom. The zero-order valence-electron chi connectivity index (χ0n) is 9.89. The van der Waals surface area contributed by atoms with E-state index in [0.29, 0.717) is 16.3 Å². The molecule has 4 heteroatoms. The van der Waals surface area contributed by atoms with Crippen LogP contribution in [-0.4, -0.2) is 5.91 Å². The largest absolute Gasteiger partial charge is 0.322 e. The third-order valence-corrected chi connectivity index (χ3v) is 4.01. The summed E-state index contributed by atoms with van der Waals surface area (Å²) in [4.78, 5) is 12.3. The molecule has 0 aliphatic heterocycles. The van der Waals surface area contributed by atoms with Crippen molar-refractivity contribution in [3.8, 4) is 0 Å². The van der Waals surface area contributed by atoms with Crippen LogP contribution in [0.5, 0.6) is 0 Å². The van der Waals surface area contributed by atoms with Gasteiger partial charge in [0.05, 0.1) is 5.56 Å². The second-order valence-electron chi connectivity index (χ2n) is 4.11. The smallest absolute Gasteiger partial charge is 0.257 e. The fourth-order valence-electron chi connectivity index (χ4n) is 1.92. The van der Waals surface area contributed by atoms with Crippen molar-refractivity contribution in [3.63, 3.8) is 0 Å². The van der Waals surface area contributed by atoms with Crippen LogP contribution in [-0.2, 0) is 0 Å². The number of halogens is 1. The zero-order valence-corrected chi connectivity index (χ0v) is 11.5. The van der Waals surface area contributed by atoms with Crippen LogP contribution in [0.1, 0.15) is 10.4 Å². The van der Waals surface area contributed by atoms with Crippen LogP contribution in [0.2, 0.25) is 5.02 Å². The highest BCUT2D eigenvalue weighted by Gasteiger charge is 2.11. The van der Waals surface area contributed by atoms with E-state index in [4.69, 9.17) is 11.6 Å². The van der Waals surface area contributed by atoms with Crippen molar-refractivity contribution >= 4 is 44.6 Å². The lowest BCUT2D eigenvalue weighted by Crippen LogP contribution is -2.11. The number of benzene rings is 2. The summed E-state index contributed by atoms with van der Waals surface area (Å²) in [5.41, 5.74) is 1.40. The summed E-state index contributed by atoms with van der Waals surface area (Å²) in [5.74, 6) is -0.111. The highest BCUT2D eigenvalue weighted by Crippen LogP contribution is 2.26. The number of hydrogen-bond donors (Lipinski definition) is 1. The number of fused-ring (bicyclic) bond motifs is 1. The lowest BCUT2D eigenvalue weighted by Gasteiger charge is -2.04. The third-order valence-electron chi connectivity index (χ3n) is 2.81. The Balaban J connectivity index is 1.92. The Morgan fingerprint density at radius 3 is 2.79 bits per heavy atom. The van der Waals surface area contributed by atoms with Gasteiger partial charge in [0.25, 0.3) is 5.91 Å². The van der Waals surface area contributed by atoms with Gasteiger partial charge in [-0.2, -0.15) is 0 Å². The first-order chi connectivity index (χ1) is 9.24.